The average Bonchev–Trinajstić information content (AvgIpc) is 2.45. The summed E-state index contributed by atoms with van der Waals surface area (Å²) in [4.78, 5) is 22.4. The van der Waals surface area contributed by atoms with E-state index in [9.17, 15) is 14.0 Å². The standard InChI is InChI=1S/C16H13FO3/c1-11(18)20-10-16(19)13-8-6-12(7-9-13)14-4-2-3-5-15(14)17/h2-9H,10H2,1H3. The van der Waals surface area contributed by atoms with Crippen molar-refractivity contribution in [1.82, 2.24) is 0 Å². The van der Waals surface area contributed by atoms with Crippen molar-refractivity contribution in [3.05, 3.63) is 59.9 Å². The molecule has 0 aliphatic rings. The Bertz CT molecular complexity index is 632. The van der Waals surface area contributed by atoms with Crippen LogP contribution in [0.15, 0.2) is 48.5 Å². The van der Waals surface area contributed by atoms with Gasteiger partial charge in [-0.1, -0.05) is 42.5 Å². The van der Waals surface area contributed by atoms with E-state index in [1.807, 2.05) is 0 Å². The highest BCUT2D eigenvalue weighted by molar-refractivity contribution is 5.98. The fraction of sp³-hybridized carbons (Fsp3) is 0.125. The highest BCUT2D eigenvalue weighted by Crippen LogP contribution is 2.22. The summed E-state index contributed by atoms with van der Waals surface area (Å²) in [5.41, 5.74) is 1.59. The van der Waals surface area contributed by atoms with E-state index in [4.69, 9.17) is 0 Å². The maximum absolute atomic E-state index is 13.6. The minimum absolute atomic E-state index is 0.283. The first-order valence-corrected chi connectivity index (χ1v) is 6.09. The van der Waals surface area contributed by atoms with Gasteiger partial charge in [0.05, 0.1) is 0 Å². The van der Waals surface area contributed by atoms with E-state index in [1.54, 1.807) is 42.5 Å². The van der Waals surface area contributed by atoms with Gasteiger partial charge in [-0.25, -0.2) is 4.39 Å². The van der Waals surface area contributed by atoms with Gasteiger partial charge in [0.2, 0.25) is 0 Å². The van der Waals surface area contributed by atoms with Gasteiger partial charge in [0.1, 0.15) is 5.82 Å². The Morgan fingerprint density at radius 3 is 2.30 bits per heavy atom. The summed E-state index contributed by atoms with van der Waals surface area (Å²) in [6.07, 6.45) is 0. The Labute approximate surface area is 116 Å². The van der Waals surface area contributed by atoms with Crippen LogP contribution >= 0.6 is 0 Å². The van der Waals surface area contributed by atoms with Crippen LogP contribution in [0, 0.1) is 5.82 Å². The number of hydrogen-bond donors (Lipinski definition) is 0. The zero-order valence-corrected chi connectivity index (χ0v) is 10.9. The van der Waals surface area contributed by atoms with Gasteiger partial charge in [0.25, 0.3) is 0 Å². The number of rotatable bonds is 4. The van der Waals surface area contributed by atoms with Crippen molar-refractivity contribution >= 4 is 11.8 Å². The predicted octanol–water partition coefficient (Wildman–Crippen LogP) is 3.24. The van der Waals surface area contributed by atoms with Crippen molar-refractivity contribution in [2.75, 3.05) is 6.61 Å². The molecule has 102 valence electrons. The molecule has 2 rings (SSSR count). The summed E-state index contributed by atoms with van der Waals surface area (Å²) >= 11 is 0. The third-order valence-electron chi connectivity index (χ3n) is 2.80. The average molecular weight is 272 g/mol. The van der Waals surface area contributed by atoms with E-state index in [2.05, 4.69) is 4.74 Å². The van der Waals surface area contributed by atoms with Gasteiger partial charge in [0.15, 0.2) is 12.4 Å². The number of hydrogen-bond acceptors (Lipinski definition) is 3. The van der Waals surface area contributed by atoms with Gasteiger partial charge in [-0.05, 0) is 11.6 Å². The molecular formula is C16H13FO3. The Morgan fingerprint density at radius 1 is 1.05 bits per heavy atom. The molecule has 0 saturated heterocycles. The van der Waals surface area contributed by atoms with Crippen molar-refractivity contribution in [3.8, 4) is 11.1 Å². The molecular weight excluding hydrogens is 259 g/mol. The lowest BCUT2D eigenvalue weighted by atomic mass is 10.0. The second-order valence-corrected chi connectivity index (χ2v) is 4.26. The summed E-state index contributed by atoms with van der Waals surface area (Å²) in [7, 11) is 0. The van der Waals surface area contributed by atoms with E-state index in [0.29, 0.717) is 16.7 Å². The smallest absolute Gasteiger partial charge is 0.303 e. The topological polar surface area (TPSA) is 43.4 Å². The van der Waals surface area contributed by atoms with Crippen LogP contribution in [0.5, 0.6) is 0 Å². The Balaban J connectivity index is 2.16. The molecule has 3 nitrogen and oxygen atoms in total. The number of benzene rings is 2. The molecule has 0 amide bonds. The zero-order valence-electron chi connectivity index (χ0n) is 10.9. The van der Waals surface area contributed by atoms with Gasteiger partial charge >= 0.3 is 5.97 Å². The summed E-state index contributed by atoms with van der Waals surface area (Å²) in [6.45, 7) is 0.961. The number of ketones is 1. The van der Waals surface area contributed by atoms with Crippen LogP contribution in [0.1, 0.15) is 17.3 Å². The molecule has 0 unspecified atom stereocenters. The van der Waals surface area contributed by atoms with E-state index in [0.717, 1.165) is 0 Å². The summed E-state index contributed by atoms with van der Waals surface area (Å²) in [6, 6.07) is 12.9. The molecule has 20 heavy (non-hydrogen) atoms. The molecule has 0 atom stereocenters. The fourth-order valence-corrected chi connectivity index (χ4v) is 1.78. The molecule has 0 spiro atoms. The van der Waals surface area contributed by atoms with Crippen molar-refractivity contribution in [3.63, 3.8) is 0 Å². The SMILES string of the molecule is CC(=O)OCC(=O)c1ccc(-c2ccccc2F)cc1. The zero-order chi connectivity index (χ0) is 14.5. The number of Topliss-reactive ketones (excluding diaryl/α,β-unsaturated/α-hetero) is 1. The predicted molar refractivity (Wildman–Crippen MR) is 72.8 cm³/mol. The van der Waals surface area contributed by atoms with E-state index in [-0.39, 0.29) is 18.2 Å². The quantitative estimate of drug-likeness (QED) is 0.634. The van der Waals surface area contributed by atoms with Gasteiger partial charge in [0, 0.05) is 18.1 Å². The lowest BCUT2D eigenvalue weighted by molar-refractivity contribution is -0.139. The molecule has 0 heterocycles. The van der Waals surface area contributed by atoms with E-state index < -0.39 is 5.97 Å². The van der Waals surface area contributed by atoms with E-state index >= 15 is 0 Å². The maximum atomic E-state index is 13.6. The fourth-order valence-electron chi connectivity index (χ4n) is 1.78. The molecule has 2 aromatic rings. The van der Waals surface area contributed by atoms with Crippen molar-refractivity contribution in [2.45, 2.75) is 6.92 Å². The lowest BCUT2D eigenvalue weighted by Crippen LogP contribution is -2.11. The van der Waals surface area contributed by atoms with Crippen LogP contribution in [-0.2, 0) is 9.53 Å². The first kappa shape index (κ1) is 13.9. The van der Waals surface area contributed by atoms with Crippen molar-refractivity contribution in [2.24, 2.45) is 0 Å². The van der Waals surface area contributed by atoms with Crippen LogP contribution in [0.2, 0.25) is 0 Å². The minimum Gasteiger partial charge on any atom is -0.457 e. The molecule has 2 aromatic carbocycles. The van der Waals surface area contributed by atoms with Gasteiger partial charge < -0.3 is 4.74 Å². The largest absolute Gasteiger partial charge is 0.457 e. The molecule has 0 aliphatic heterocycles. The summed E-state index contributed by atoms with van der Waals surface area (Å²) in [5, 5.41) is 0. The van der Waals surface area contributed by atoms with E-state index in [1.165, 1.54) is 13.0 Å². The first-order valence-electron chi connectivity index (χ1n) is 6.09. The monoisotopic (exact) mass is 272 g/mol. The Kier molecular flexibility index (Phi) is 4.25. The van der Waals surface area contributed by atoms with Crippen LogP contribution in [0.3, 0.4) is 0 Å². The third kappa shape index (κ3) is 3.29. The molecule has 0 aliphatic carbocycles. The maximum Gasteiger partial charge on any atom is 0.303 e. The lowest BCUT2D eigenvalue weighted by Gasteiger charge is -2.05. The second-order valence-electron chi connectivity index (χ2n) is 4.26. The van der Waals surface area contributed by atoms with Crippen molar-refractivity contribution in [1.29, 1.82) is 0 Å². The highest BCUT2D eigenvalue weighted by atomic mass is 19.1. The highest BCUT2D eigenvalue weighted by Gasteiger charge is 2.09. The molecule has 0 fully saturated rings. The third-order valence-corrected chi connectivity index (χ3v) is 2.80. The normalized spacial score (nSPS) is 10.1. The van der Waals surface area contributed by atoms with Crippen LogP contribution in [0.4, 0.5) is 4.39 Å². The van der Waals surface area contributed by atoms with Crippen molar-refractivity contribution < 1.29 is 18.7 Å². The number of esters is 1. The van der Waals surface area contributed by atoms with Crippen LogP contribution in [0.25, 0.3) is 11.1 Å². The molecule has 0 aromatic heterocycles. The number of ether oxygens (including phenoxy) is 1. The summed E-state index contributed by atoms with van der Waals surface area (Å²) in [5.74, 6) is -1.10. The minimum atomic E-state index is -0.499. The Morgan fingerprint density at radius 2 is 1.70 bits per heavy atom. The molecule has 0 radical (unpaired) electrons. The van der Waals surface area contributed by atoms with Gasteiger partial charge in [-0.15, -0.1) is 0 Å². The van der Waals surface area contributed by atoms with Gasteiger partial charge in [-0.3, -0.25) is 9.59 Å². The second kappa shape index (κ2) is 6.10. The molecule has 0 saturated carbocycles. The molecule has 4 heteroatoms. The summed E-state index contributed by atoms with van der Waals surface area (Å²) < 4.78 is 18.3. The number of carbonyl (C=O) groups excluding carboxylic acids is 2. The number of halogens is 1. The van der Waals surface area contributed by atoms with Crippen LogP contribution in [-0.4, -0.2) is 18.4 Å². The number of carbonyl (C=O) groups is 2. The van der Waals surface area contributed by atoms with Crippen LogP contribution < -0.4 is 0 Å². The molecule has 0 bridgehead atoms. The Hall–Kier alpha value is -2.49. The van der Waals surface area contributed by atoms with Gasteiger partial charge in [-0.2, -0.15) is 0 Å². The molecule has 0 N–H and O–H groups in total. The first-order chi connectivity index (χ1) is 9.58.